The van der Waals surface area contributed by atoms with Crippen LogP contribution in [0.25, 0.3) is 0 Å². The van der Waals surface area contributed by atoms with Gasteiger partial charge in [-0.2, -0.15) is 8.78 Å². The minimum atomic E-state index is -2.97. The Morgan fingerprint density at radius 2 is 1.80 bits per heavy atom. The molecule has 1 aliphatic heterocycles. The van der Waals surface area contributed by atoms with Crippen LogP contribution in [-0.4, -0.2) is 36.9 Å². The summed E-state index contributed by atoms with van der Waals surface area (Å²) in [5.41, 5.74) is 6.13. The van der Waals surface area contributed by atoms with E-state index in [0.29, 0.717) is 24.0 Å². The van der Waals surface area contributed by atoms with Gasteiger partial charge >= 0.3 is 6.61 Å². The zero-order valence-electron chi connectivity index (χ0n) is 16.2. The molecule has 0 aliphatic carbocycles. The summed E-state index contributed by atoms with van der Waals surface area (Å²) < 4.78 is 54.2. The Bertz CT molecular complexity index is 934. The number of hydrogen-bond acceptors (Lipinski definition) is 4. The number of aryl methyl sites for hydroxylation is 1. The molecule has 30 heavy (non-hydrogen) atoms. The predicted octanol–water partition coefficient (Wildman–Crippen LogP) is 3.91. The number of carbonyl (C=O) groups is 1. The average Bonchev–Trinajstić information content (AvgIpc) is 2.93. The van der Waals surface area contributed by atoms with Crippen molar-refractivity contribution in [1.29, 1.82) is 0 Å². The van der Waals surface area contributed by atoms with E-state index < -0.39 is 24.5 Å². The molecule has 0 radical (unpaired) electrons. The lowest BCUT2D eigenvalue weighted by Gasteiger charge is -2.26. The quantitative estimate of drug-likeness (QED) is 0.655. The van der Waals surface area contributed by atoms with Crippen LogP contribution in [0.1, 0.15) is 29.5 Å². The first-order valence-electron chi connectivity index (χ1n) is 9.30. The average molecular weight is 423 g/mol. The van der Waals surface area contributed by atoms with Crippen molar-refractivity contribution in [2.24, 2.45) is 10.7 Å². The van der Waals surface area contributed by atoms with Crippen LogP contribution in [0.5, 0.6) is 5.75 Å². The van der Waals surface area contributed by atoms with Crippen molar-refractivity contribution in [2.45, 2.75) is 37.8 Å². The number of carbonyl (C=O) groups excluding carboxylic acids is 1. The second-order valence-electron chi connectivity index (χ2n) is 6.93. The van der Waals surface area contributed by atoms with E-state index in [4.69, 9.17) is 5.73 Å². The molecular weight excluding hydrogens is 402 g/mol. The molecule has 1 atom stereocenters. The van der Waals surface area contributed by atoms with Gasteiger partial charge in [-0.05, 0) is 41.7 Å². The molecule has 160 valence electrons. The first kappa shape index (κ1) is 21.6. The van der Waals surface area contributed by atoms with Gasteiger partial charge in [0.15, 0.2) is 11.5 Å². The molecule has 0 fully saturated rings. The molecule has 0 spiro atoms. The molecule has 5 nitrogen and oxygen atoms in total. The lowest BCUT2D eigenvalue weighted by Crippen LogP contribution is -2.41. The van der Waals surface area contributed by atoms with Crippen LogP contribution in [0.3, 0.4) is 0 Å². The van der Waals surface area contributed by atoms with Gasteiger partial charge in [-0.3, -0.25) is 9.69 Å². The first-order chi connectivity index (χ1) is 14.2. The van der Waals surface area contributed by atoms with E-state index in [2.05, 4.69) is 9.73 Å². The lowest BCUT2D eigenvalue weighted by atomic mass is 9.82. The van der Waals surface area contributed by atoms with E-state index in [1.807, 2.05) is 0 Å². The lowest BCUT2D eigenvalue weighted by molar-refractivity contribution is -0.129. The third kappa shape index (κ3) is 4.24. The summed E-state index contributed by atoms with van der Waals surface area (Å²) in [6.45, 7) is -2.97. The van der Waals surface area contributed by atoms with Gasteiger partial charge in [0.05, 0.1) is 0 Å². The second-order valence-corrected chi connectivity index (χ2v) is 6.93. The molecule has 1 aliphatic rings. The van der Waals surface area contributed by atoms with Gasteiger partial charge in [0.25, 0.3) is 5.91 Å². The van der Waals surface area contributed by atoms with Crippen LogP contribution in [0, 0.1) is 0 Å². The monoisotopic (exact) mass is 423 g/mol. The predicted molar refractivity (Wildman–Crippen MR) is 104 cm³/mol. The van der Waals surface area contributed by atoms with Crippen molar-refractivity contribution in [3.05, 3.63) is 65.2 Å². The Labute approximate surface area is 171 Å². The van der Waals surface area contributed by atoms with Crippen molar-refractivity contribution in [1.82, 2.24) is 4.90 Å². The number of guanidine groups is 1. The van der Waals surface area contributed by atoms with E-state index >= 15 is 0 Å². The maximum Gasteiger partial charge on any atom is 0.387 e. The van der Waals surface area contributed by atoms with Crippen molar-refractivity contribution in [2.75, 3.05) is 7.05 Å². The Morgan fingerprint density at radius 1 is 1.10 bits per heavy atom. The number of nitrogens with zero attached hydrogens (tertiary/aromatic N) is 2. The molecule has 9 heteroatoms. The van der Waals surface area contributed by atoms with Crippen LogP contribution in [0.4, 0.5) is 17.6 Å². The summed E-state index contributed by atoms with van der Waals surface area (Å²) in [4.78, 5) is 18.8. The van der Waals surface area contributed by atoms with Gasteiger partial charge in [0.1, 0.15) is 5.75 Å². The Hall–Kier alpha value is -3.10. The number of amides is 1. The van der Waals surface area contributed by atoms with Crippen molar-refractivity contribution < 1.29 is 27.1 Å². The van der Waals surface area contributed by atoms with Gasteiger partial charge in [-0.1, -0.05) is 36.4 Å². The summed E-state index contributed by atoms with van der Waals surface area (Å²) in [7, 11) is 1.49. The van der Waals surface area contributed by atoms with Gasteiger partial charge in [-0.15, -0.1) is 0 Å². The number of alkyl halides is 4. The number of ether oxygens (including phenoxy) is 1. The van der Waals surface area contributed by atoms with E-state index in [0.717, 1.165) is 5.56 Å². The molecular formula is C21H21F4N3O2. The third-order valence-corrected chi connectivity index (χ3v) is 4.97. The van der Waals surface area contributed by atoms with Gasteiger partial charge in [0.2, 0.25) is 6.43 Å². The molecule has 0 bridgehead atoms. The minimum absolute atomic E-state index is 0.0102. The summed E-state index contributed by atoms with van der Waals surface area (Å²) >= 11 is 0. The van der Waals surface area contributed by atoms with Crippen molar-refractivity contribution in [3.8, 4) is 5.75 Å². The number of aliphatic imine (C=N–C) groups is 1. The summed E-state index contributed by atoms with van der Waals surface area (Å²) in [6, 6.07) is 12.6. The van der Waals surface area contributed by atoms with Crippen LogP contribution in [-0.2, 0) is 16.8 Å². The fraction of sp³-hybridized carbons (Fsp3) is 0.333. The molecule has 1 heterocycles. The van der Waals surface area contributed by atoms with E-state index in [-0.39, 0.29) is 18.1 Å². The summed E-state index contributed by atoms with van der Waals surface area (Å²) in [5.74, 6) is -0.455. The van der Waals surface area contributed by atoms with Crippen LogP contribution in [0.15, 0.2) is 53.5 Å². The molecule has 0 saturated heterocycles. The van der Waals surface area contributed by atoms with Gasteiger partial charge in [-0.25, -0.2) is 13.8 Å². The number of benzene rings is 2. The van der Waals surface area contributed by atoms with Crippen LogP contribution in [0.2, 0.25) is 0 Å². The number of rotatable bonds is 8. The summed E-state index contributed by atoms with van der Waals surface area (Å²) in [5, 5.41) is 0. The normalized spacial score (nSPS) is 19.0. The SMILES string of the molecule is CN1C(=O)C(c2ccc(OC(F)F)cc2)(c2cccc(CCCC(F)F)c2)N=C1N. The van der Waals surface area contributed by atoms with E-state index in [1.165, 1.54) is 36.2 Å². The minimum Gasteiger partial charge on any atom is -0.435 e. The van der Waals surface area contributed by atoms with E-state index in [9.17, 15) is 22.4 Å². The fourth-order valence-electron chi connectivity index (χ4n) is 3.47. The smallest absolute Gasteiger partial charge is 0.387 e. The van der Waals surface area contributed by atoms with Crippen molar-refractivity contribution in [3.63, 3.8) is 0 Å². The molecule has 1 amide bonds. The third-order valence-electron chi connectivity index (χ3n) is 4.97. The molecule has 1 unspecified atom stereocenters. The zero-order chi connectivity index (χ0) is 21.9. The number of nitrogens with two attached hydrogens (primary N) is 1. The molecule has 0 aromatic heterocycles. The first-order valence-corrected chi connectivity index (χ1v) is 9.30. The fourth-order valence-corrected chi connectivity index (χ4v) is 3.47. The second kappa shape index (κ2) is 8.73. The Kier molecular flexibility index (Phi) is 6.28. The zero-order valence-corrected chi connectivity index (χ0v) is 16.2. The van der Waals surface area contributed by atoms with E-state index in [1.54, 1.807) is 24.3 Å². The Morgan fingerprint density at radius 3 is 2.37 bits per heavy atom. The topological polar surface area (TPSA) is 67.9 Å². The summed E-state index contributed by atoms with van der Waals surface area (Å²) in [6.07, 6.45) is -1.87. The standard InChI is InChI=1S/C21H21F4N3O2/c1-28-18(29)21(27-20(28)26,14-8-10-16(11-9-14)30-19(24)25)15-6-2-4-13(12-15)5-3-7-17(22)23/h2,4,6,8-12,17,19H,3,5,7H2,1H3,(H2,26,27). The van der Waals surface area contributed by atoms with Crippen molar-refractivity contribution >= 4 is 11.9 Å². The molecule has 2 N–H and O–H groups in total. The number of halogens is 4. The van der Waals surface area contributed by atoms with Crippen LogP contribution >= 0.6 is 0 Å². The highest BCUT2D eigenvalue weighted by atomic mass is 19.3. The highest BCUT2D eigenvalue weighted by Crippen LogP contribution is 2.40. The highest BCUT2D eigenvalue weighted by molar-refractivity contribution is 6.08. The van der Waals surface area contributed by atoms with Gasteiger partial charge in [0, 0.05) is 13.5 Å². The Balaban J connectivity index is 2.02. The van der Waals surface area contributed by atoms with Gasteiger partial charge < -0.3 is 10.5 Å². The molecule has 2 aromatic carbocycles. The van der Waals surface area contributed by atoms with Crippen LogP contribution < -0.4 is 10.5 Å². The molecule has 3 rings (SSSR count). The molecule has 2 aromatic rings. The largest absolute Gasteiger partial charge is 0.435 e. The number of hydrogen-bond donors (Lipinski definition) is 1. The maximum absolute atomic E-state index is 13.2. The molecule has 0 saturated carbocycles. The number of likely N-dealkylation sites (N-methyl/N-ethyl adjacent to an activating group) is 1. The maximum atomic E-state index is 13.2. The highest BCUT2D eigenvalue weighted by Gasteiger charge is 2.49.